The zero-order valence-electron chi connectivity index (χ0n) is 8.82. The Bertz CT molecular complexity index is 106. The third-order valence-electron chi connectivity index (χ3n) is 1.42. The van der Waals surface area contributed by atoms with E-state index in [1.165, 1.54) is 0 Å². The van der Waals surface area contributed by atoms with Crippen LogP contribution in [0, 0.1) is 0 Å². The third kappa shape index (κ3) is 8.18. The van der Waals surface area contributed by atoms with E-state index in [0.717, 1.165) is 6.42 Å². The van der Waals surface area contributed by atoms with E-state index in [1.807, 2.05) is 20.8 Å². The first-order valence-electron chi connectivity index (χ1n) is 4.80. The van der Waals surface area contributed by atoms with E-state index in [0.29, 0.717) is 13.2 Å². The van der Waals surface area contributed by atoms with Gasteiger partial charge in [-0.25, -0.2) is 0 Å². The fourth-order valence-electron chi connectivity index (χ4n) is 0.802. The summed E-state index contributed by atoms with van der Waals surface area (Å²) in [4.78, 5) is 0. The van der Waals surface area contributed by atoms with Gasteiger partial charge in [-0.05, 0) is 20.3 Å². The van der Waals surface area contributed by atoms with Crippen LogP contribution in [0.4, 0.5) is 0 Å². The Morgan fingerprint density at radius 3 is 1.62 bits per heavy atom. The van der Waals surface area contributed by atoms with E-state index in [4.69, 9.17) is 20.9 Å². The molecule has 0 bridgehead atoms. The molecule has 0 aromatic rings. The second kappa shape index (κ2) is 7.26. The van der Waals surface area contributed by atoms with E-state index >= 15 is 0 Å². The molecule has 0 amide bonds. The highest BCUT2D eigenvalue weighted by Crippen LogP contribution is 2.01. The summed E-state index contributed by atoms with van der Waals surface area (Å²) in [6.45, 7) is 6.86. The molecule has 0 saturated heterocycles. The molecule has 13 heavy (non-hydrogen) atoms. The van der Waals surface area contributed by atoms with E-state index < -0.39 is 0 Å². The summed E-state index contributed by atoms with van der Waals surface area (Å²) in [6, 6.07) is 0.0981. The summed E-state index contributed by atoms with van der Waals surface area (Å²) in [5.74, 6) is 0. The van der Waals surface area contributed by atoms with Crippen molar-refractivity contribution in [1.29, 1.82) is 0 Å². The Labute approximate surface area is 80.6 Å². The number of rotatable bonds is 7. The van der Waals surface area contributed by atoms with Crippen molar-refractivity contribution in [3.8, 4) is 0 Å². The van der Waals surface area contributed by atoms with Crippen molar-refractivity contribution in [2.75, 3.05) is 13.2 Å². The lowest BCUT2D eigenvalue weighted by Crippen LogP contribution is -2.30. The van der Waals surface area contributed by atoms with Gasteiger partial charge >= 0.3 is 0 Å². The predicted molar refractivity (Wildman–Crippen MR) is 53.3 cm³/mol. The van der Waals surface area contributed by atoms with Crippen molar-refractivity contribution < 1.29 is 9.47 Å². The first kappa shape index (κ1) is 12.8. The predicted octanol–water partition coefficient (Wildman–Crippen LogP) is 0.450. The number of hydrogen-bond acceptors (Lipinski definition) is 4. The van der Waals surface area contributed by atoms with Crippen molar-refractivity contribution in [3.63, 3.8) is 0 Å². The van der Waals surface area contributed by atoms with Crippen LogP contribution < -0.4 is 11.5 Å². The Hall–Kier alpha value is -0.160. The van der Waals surface area contributed by atoms with Crippen molar-refractivity contribution in [3.05, 3.63) is 0 Å². The molecule has 0 aliphatic rings. The van der Waals surface area contributed by atoms with Gasteiger partial charge < -0.3 is 20.9 Å². The van der Waals surface area contributed by atoms with Crippen LogP contribution in [0.5, 0.6) is 0 Å². The summed E-state index contributed by atoms with van der Waals surface area (Å²) in [5, 5.41) is 0. The van der Waals surface area contributed by atoms with E-state index in [2.05, 4.69) is 0 Å². The standard InChI is InChI=1S/C9H22N2O2/c1-4-9(12-5-7(2)10)13-6-8(3)11/h7-9H,4-6,10-11H2,1-3H3. The minimum absolute atomic E-state index is 0.0490. The average Bonchev–Trinajstić information content (AvgIpc) is 2.04. The third-order valence-corrected chi connectivity index (χ3v) is 1.42. The van der Waals surface area contributed by atoms with Crippen molar-refractivity contribution in [2.24, 2.45) is 11.5 Å². The highest BCUT2D eigenvalue weighted by Gasteiger charge is 2.08. The van der Waals surface area contributed by atoms with Crippen molar-refractivity contribution in [1.82, 2.24) is 0 Å². The van der Waals surface area contributed by atoms with Crippen LogP contribution >= 0.6 is 0 Å². The number of hydrogen-bond donors (Lipinski definition) is 2. The molecule has 4 heteroatoms. The highest BCUT2D eigenvalue weighted by atomic mass is 16.7. The average molecular weight is 190 g/mol. The molecule has 4 nitrogen and oxygen atoms in total. The molecule has 0 aliphatic carbocycles. The minimum Gasteiger partial charge on any atom is -0.351 e. The van der Waals surface area contributed by atoms with Crippen LogP contribution in [0.25, 0.3) is 0 Å². The van der Waals surface area contributed by atoms with Crippen molar-refractivity contribution >= 4 is 0 Å². The van der Waals surface area contributed by atoms with Crippen LogP contribution in [-0.4, -0.2) is 31.6 Å². The fraction of sp³-hybridized carbons (Fsp3) is 1.00. The van der Waals surface area contributed by atoms with Crippen LogP contribution in [0.1, 0.15) is 27.2 Å². The SMILES string of the molecule is CCC(OCC(C)N)OCC(C)N. The quantitative estimate of drug-likeness (QED) is 0.572. The molecular formula is C9H22N2O2. The number of ether oxygens (including phenoxy) is 2. The maximum atomic E-state index is 5.55. The van der Waals surface area contributed by atoms with Gasteiger partial charge in [-0.1, -0.05) is 6.92 Å². The normalized spacial score (nSPS) is 18.2. The Balaban J connectivity index is 3.51. The largest absolute Gasteiger partial charge is 0.351 e. The summed E-state index contributed by atoms with van der Waals surface area (Å²) in [6.07, 6.45) is 0.649. The van der Waals surface area contributed by atoms with Crippen LogP contribution in [-0.2, 0) is 9.47 Å². The molecule has 0 aromatic carbocycles. The van der Waals surface area contributed by atoms with Gasteiger partial charge in [0.15, 0.2) is 6.29 Å². The van der Waals surface area contributed by atoms with Gasteiger partial charge in [-0.15, -0.1) is 0 Å². The van der Waals surface area contributed by atoms with Gasteiger partial charge in [-0.2, -0.15) is 0 Å². The lowest BCUT2D eigenvalue weighted by molar-refractivity contribution is -0.147. The second-order valence-corrected chi connectivity index (χ2v) is 3.46. The minimum atomic E-state index is -0.169. The topological polar surface area (TPSA) is 70.5 Å². The van der Waals surface area contributed by atoms with Crippen LogP contribution in [0.3, 0.4) is 0 Å². The molecule has 2 atom stereocenters. The van der Waals surface area contributed by atoms with Gasteiger partial charge in [-0.3, -0.25) is 0 Å². The monoisotopic (exact) mass is 190 g/mol. The fourth-order valence-corrected chi connectivity index (χ4v) is 0.802. The summed E-state index contributed by atoms with van der Waals surface area (Å²) >= 11 is 0. The maximum absolute atomic E-state index is 5.55. The lowest BCUT2D eigenvalue weighted by atomic mass is 10.4. The van der Waals surface area contributed by atoms with Crippen LogP contribution in [0.2, 0.25) is 0 Å². The first-order chi connectivity index (χ1) is 6.06. The van der Waals surface area contributed by atoms with Gasteiger partial charge in [0.25, 0.3) is 0 Å². The highest BCUT2D eigenvalue weighted by molar-refractivity contribution is 4.53. The Kier molecular flexibility index (Phi) is 7.17. The first-order valence-corrected chi connectivity index (χ1v) is 4.80. The number of nitrogens with two attached hydrogens (primary N) is 2. The van der Waals surface area contributed by atoms with Gasteiger partial charge in [0.05, 0.1) is 13.2 Å². The Morgan fingerprint density at radius 1 is 1.00 bits per heavy atom. The molecular weight excluding hydrogens is 168 g/mol. The van der Waals surface area contributed by atoms with Gasteiger partial charge in [0.2, 0.25) is 0 Å². The molecule has 0 fully saturated rings. The van der Waals surface area contributed by atoms with Gasteiger partial charge in [0, 0.05) is 12.1 Å². The molecule has 0 aliphatic heterocycles. The summed E-state index contributed by atoms with van der Waals surface area (Å²) in [5.41, 5.74) is 11.1. The molecule has 4 N–H and O–H groups in total. The maximum Gasteiger partial charge on any atom is 0.157 e. The summed E-state index contributed by atoms with van der Waals surface area (Å²) in [7, 11) is 0. The summed E-state index contributed by atoms with van der Waals surface area (Å²) < 4.78 is 10.8. The van der Waals surface area contributed by atoms with Crippen LogP contribution in [0.15, 0.2) is 0 Å². The lowest BCUT2D eigenvalue weighted by Gasteiger charge is -2.19. The van der Waals surface area contributed by atoms with Gasteiger partial charge in [0.1, 0.15) is 0 Å². The van der Waals surface area contributed by atoms with E-state index in [9.17, 15) is 0 Å². The molecule has 0 saturated carbocycles. The molecule has 2 unspecified atom stereocenters. The van der Waals surface area contributed by atoms with E-state index in [-0.39, 0.29) is 18.4 Å². The zero-order valence-corrected chi connectivity index (χ0v) is 8.82. The Morgan fingerprint density at radius 2 is 1.38 bits per heavy atom. The smallest absolute Gasteiger partial charge is 0.157 e. The molecule has 0 spiro atoms. The molecule has 80 valence electrons. The molecule has 0 rings (SSSR count). The molecule has 0 heterocycles. The zero-order chi connectivity index (χ0) is 10.3. The van der Waals surface area contributed by atoms with E-state index in [1.54, 1.807) is 0 Å². The second-order valence-electron chi connectivity index (χ2n) is 3.46. The molecule has 0 aromatic heterocycles. The van der Waals surface area contributed by atoms with Crippen molar-refractivity contribution in [2.45, 2.75) is 45.6 Å². The molecule has 0 radical (unpaired) electrons.